The van der Waals surface area contributed by atoms with E-state index in [1.165, 1.54) is 6.07 Å². The van der Waals surface area contributed by atoms with Crippen LogP contribution < -0.4 is 9.64 Å². The molecule has 2 unspecified atom stereocenters. The predicted octanol–water partition coefficient (Wildman–Crippen LogP) is 7.53. The Morgan fingerprint density at radius 1 is 1.08 bits per heavy atom. The first-order valence-electron chi connectivity index (χ1n) is 13.2. The van der Waals surface area contributed by atoms with Gasteiger partial charge < -0.3 is 14.7 Å². The lowest BCUT2D eigenvalue weighted by molar-refractivity contribution is -0.154. The fourth-order valence-electron chi connectivity index (χ4n) is 6.23. The number of hydrogen-bond donors (Lipinski definition) is 1. The third-order valence-electron chi connectivity index (χ3n) is 8.88. The molecular weight excluding hydrogens is 467 g/mol. The maximum atomic E-state index is 14.3. The van der Waals surface area contributed by atoms with Gasteiger partial charge in [0.15, 0.2) is 0 Å². The monoisotopic (exact) mass is 503 g/mol. The zero-order chi connectivity index (χ0) is 25.8. The number of fused-ring (bicyclic) bond motifs is 1. The largest absolute Gasteiger partial charge is 0.490 e. The van der Waals surface area contributed by atoms with E-state index in [0.29, 0.717) is 23.6 Å². The van der Waals surface area contributed by atoms with Crippen LogP contribution in [-0.2, 0) is 11.0 Å². The van der Waals surface area contributed by atoms with Gasteiger partial charge in [-0.3, -0.25) is 4.79 Å². The summed E-state index contributed by atoms with van der Waals surface area (Å²) in [6, 6.07) is 8.43. The Kier molecular flexibility index (Phi) is 6.40. The van der Waals surface area contributed by atoms with Gasteiger partial charge in [0.25, 0.3) is 0 Å². The fraction of sp³-hybridized carbons (Fsp3) is 0.621. The molecule has 4 nitrogen and oxygen atoms in total. The molecule has 2 aromatic rings. The Morgan fingerprint density at radius 3 is 2.36 bits per heavy atom. The van der Waals surface area contributed by atoms with Crippen molar-refractivity contribution < 1.29 is 27.8 Å². The highest BCUT2D eigenvalue weighted by Crippen LogP contribution is 2.52. The minimum Gasteiger partial charge on any atom is -0.490 e. The van der Waals surface area contributed by atoms with Crippen LogP contribution in [0.15, 0.2) is 30.3 Å². The molecule has 7 heteroatoms. The molecule has 0 spiro atoms. The third-order valence-corrected chi connectivity index (χ3v) is 8.88. The molecule has 3 fully saturated rings. The average Bonchev–Trinajstić information content (AvgIpc) is 3.62. The van der Waals surface area contributed by atoms with Crippen LogP contribution in [0.1, 0.15) is 71.3 Å². The first-order chi connectivity index (χ1) is 16.9. The molecule has 0 saturated heterocycles. The van der Waals surface area contributed by atoms with Crippen molar-refractivity contribution in [3.05, 3.63) is 35.9 Å². The van der Waals surface area contributed by atoms with Crippen LogP contribution in [0.3, 0.4) is 0 Å². The van der Waals surface area contributed by atoms with E-state index in [0.717, 1.165) is 50.8 Å². The number of nitrogens with zero attached hydrogens (tertiary/aromatic N) is 1. The number of carboxylic acids is 1. The number of ether oxygens (including phenoxy) is 1. The van der Waals surface area contributed by atoms with E-state index >= 15 is 0 Å². The maximum absolute atomic E-state index is 14.3. The molecule has 0 aromatic heterocycles. The molecule has 2 atom stereocenters. The number of aliphatic carboxylic acids is 1. The van der Waals surface area contributed by atoms with Crippen molar-refractivity contribution in [1.29, 1.82) is 0 Å². The summed E-state index contributed by atoms with van der Waals surface area (Å²) in [7, 11) is 0. The SMILES string of the molecule is CC1CCC(Oc2ccc3cc(N(CC4CC4)C4CC(C(=O)O)C4(C)C)ccc3c2C(F)(F)F)CC1. The van der Waals surface area contributed by atoms with E-state index in [9.17, 15) is 23.1 Å². The van der Waals surface area contributed by atoms with Crippen molar-refractivity contribution in [2.45, 2.75) is 84.0 Å². The summed E-state index contributed by atoms with van der Waals surface area (Å²) in [4.78, 5) is 13.9. The Morgan fingerprint density at radius 2 is 1.78 bits per heavy atom. The van der Waals surface area contributed by atoms with Crippen molar-refractivity contribution in [2.24, 2.45) is 23.2 Å². The van der Waals surface area contributed by atoms with Crippen molar-refractivity contribution in [3.63, 3.8) is 0 Å². The summed E-state index contributed by atoms with van der Waals surface area (Å²) < 4.78 is 48.8. The summed E-state index contributed by atoms with van der Waals surface area (Å²) in [5, 5.41) is 10.3. The summed E-state index contributed by atoms with van der Waals surface area (Å²) in [5.74, 6) is -0.131. The number of alkyl halides is 3. The molecule has 3 aliphatic carbocycles. The van der Waals surface area contributed by atoms with Gasteiger partial charge in [0.1, 0.15) is 11.3 Å². The summed E-state index contributed by atoms with van der Waals surface area (Å²) >= 11 is 0. The zero-order valence-electron chi connectivity index (χ0n) is 21.3. The van der Waals surface area contributed by atoms with Crippen LogP contribution in [0.25, 0.3) is 10.8 Å². The minimum absolute atomic E-state index is 0.0371. The molecule has 0 aliphatic heterocycles. The Hall–Kier alpha value is -2.44. The quantitative estimate of drug-likeness (QED) is 0.424. The van der Waals surface area contributed by atoms with E-state index in [4.69, 9.17) is 4.74 Å². The van der Waals surface area contributed by atoms with Gasteiger partial charge in [0.2, 0.25) is 0 Å². The van der Waals surface area contributed by atoms with E-state index in [-0.39, 0.29) is 23.3 Å². The molecule has 5 rings (SSSR count). The third kappa shape index (κ3) is 4.78. The second kappa shape index (κ2) is 9.14. The van der Waals surface area contributed by atoms with Crippen molar-refractivity contribution in [3.8, 4) is 5.75 Å². The molecule has 36 heavy (non-hydrogen) atoms. The van der Waals surface area contributed by atoms with Crippen molar-refractivity contribution in [2.75, 3.05) is 11.4 Å². The van der Waals surface area contributed by atoms with Crippen LogP contribution in [0.4, 0.5) is 18.9 Å². The highest BCUT2D eigenvalue weighted by molar-refractivity contribution is 5.91. The number of anilines is 1. The summed E-state index contributed by atoms with van der Waals surface area (Å²) in [6.45, 7) is 6.94. The molecule has 0 radical (unpaired) electrons. The topological polar surface area (TPSA) is 49.8 Å². The van der Waals surface area contributed by atoms with E-state index < -0.39 is 29.0 Å². The second-order valence-electron chi connectivity index (χ2n) is 11.9. The number of halogens is 3. The Labute approximate surface area is 210 Å². The van der Waals surface area contributed by atoms with E-state index in [2.05, 4.69) is 11.8 Å². The van der Waals surface area contributed by atoms with Crippen LogP contribution in [0.2, 0.25) is 0 Å². The molecule has 196 valence electrons. The van der Waals surface area contributed by atoms with Gasteiger partial charge in [-0.15, -0.1) is 0 Å². The van der Waals surface area contributed by atoms with Crippen molar-refractivity contribution >= 4 is 22.4 Å². The maximum Gasteiger partial charge on any atom is 0.420 e. The van der Waals surface area contributed by atoms with Crippen molar-refractivity contribution in [1.82, 2.24) is 0 Å². The lowest BCUT2D eigenvalue weighted by atomic mass is 9.58. The van der Waals surface area contributed by atoms with Crippen LogP contribution in [0, 0.1) is 23.2 Å². The van der Waals surface area contributed by atoms with E-state index in [1.54, 1.807) is 18.2 Å². The number of benzene rings is 2. The molecular formula is C29H36F3NO3. The first-order valence-corrected chi connectivity index (χ1v) is 13.2. The van der Waals surface area contributed by atoms with Crippen LogP contribution in [0.5, 0.6) is 5.75 Å². The molecule has 3 aliphatic rings. The lowest BCUT2D eigenvalue weighted by Gasteiger charge is -2.55. The molecule has 0 heterocycles. The highest BCUT2D eigenvalue weighted by Gasteiger charge is 2.55. The van der Waals surface area contributed by atoms with Gasteiger partial charge in [0.05, 0.1) is 12.0 Å². The molecule has 1 N–H and O–H groups in total. The van der Waals surface area contributed by atoms with Gasteiger partial charge in [-0.25, -0.2) is 0 Å². The van der Waals surface area contributed by atoms with Crippen LogP contribution in [-0.4, -0.2) is 29.8 Å². The predicted molar refractivity (Wildman–Crippen MR) is 134 cm³/mol. The first kappa shape index (κ1) is 25.2. The van der Waals surface area contributed by atoms with E-state index in [1.807, 2.05) is 19.9 Å². The number of carbonyl (C=O) groups is 1. The van der Waals surface area contributed by atoms with Gasteiger partial charge >= 0.3 is 12.1 Å². The molecule has 0 amide bonds. The smallest absolute Gasteiger partial charge is 0.420 e. The number of carboxylic acid groups (broad SMARTS) is 1. The van der Waals surface area contributed by atoms with Gasteiger partial charge in [0, 0.05) is 18.3 Å². The second-order valence-corrected chi connectivity index (χ2v) is 11.9. The standard InChI is InChI=1S/C29H36F3NO3/c1-17-4-10-21(11-5-17)36-24-13-8-19-14-20(9-12-22(19)26(24)29(30,31)32)33(16-18-6-7-18)25-15-23(27(34)35)28(25,2)3/h8-9,12-14,17-18,21,23,25H,4-7,10-11,15-16H2,1-3H3,(H,34,35). The van der Waals surface area contributed by atoms with Gasteiger partial charge in [-0.1, -0.05) is 32.9 Å². The van der Waals surface area contributed by atoms with Crippen LogP contribution >= 0.6 is 0 Å². The highest BCUT2D eigenvalue weighted by atomic mass is 19.4. The Balaban J connectivity index is 1.48. The minimum atomic E-state index is -4.53. The lowest BCUT2D eigenvalue weighted by Crippen LogP contribution is -2.61. The number of rotatable bonds is 7. The zero-order valence-corrected chi connectivity index (χ0v) is 21.3. The van der Waals surface area contributed by atoms with Gasteiger partial charge in [-0.2, -0.15) is 13.2 Å². The van der Waals surface area contributed by atoms with Gasteiger partial charge in [-0.05, 0) is 91.2 Å². The normalized spacial score (nSPS) is 27.9. The summed E-state index contributed by atoms with van der Waals surface area (Å²) in [5.41, 5.74) is -0.254. The Bertz CT molecular complexity index is 1130. The fourth-order valence-corrected chi connectivity index (χ4v) is 6.23. The molecule has 2 aromatic carbocycles. The number of hydrogen-bond acceptors (Lipinski definition) is 3. The molecule has 0 bridgehead atoms. The average molecular weight is 504 g/mol. The molecule has 3 saturated carbocycles. The summed E-state index contributed by atoms with van der Waals surface area (Å²) in [6.07, 6.45) is 1.61.